The van der Waals surface area contributed by atoms with Crippen molar-refractivity contribution in [3.63, 3.8) is 0 Å². The van der Waals surface area contributed by atoms with Crippen LogP contribution in [-0.4, -0.2) is 13.2 Å². The summed E-state index contributed by atoms with van der Waals surface area (Å²) in [4.78, 5) is 0. The Morgan fingerprint density at radius 2 is 1.57 bits per heavy atom. The van der Waals surface area contributed by atoms with Gasteiger partial charge in [-0.25, -0.2) is 4.39 Å². The van der Waals surface area contributed by atoms with Gasteiger partial charge in [-0.1, -0.05) is 23.7 Å². The number of nitrogens with one attached hydrogen (secondary N) is 1. The molecule has 23 heavy (non-hydrogen) atoms. The quantitative estimate of drug-likeness (QED) is 0.765. The SMILES string of the molecule is CCOc1cc(Cl)c(CNCc2ccc(F)cc2)cc1OCC. The summed E-state index contributed by atoms with van der Waals surface area (Å²) in [6.45, 7) is 6.18. The normalized spacial score (nSPS) is 10.6. The van der Waals surface area contributed by atoms with Crippen LogP contribution in [0.5, 0.6) is 11.5 Å². The average Bonchev–Trinajstić information content (AvgIpc) is 2.53. The second kappa shape index (κ2) is 8.75. The monoisotopic (exact) mass is 337 g/mol. The number of hydrogen-bond donors (Lipinski definition) is 1. The molecule has 2 aromatic rings. The molecule has 0 aliphatic carbocycles. The zero-order valence-electron chi connectivity index (χ0n) is 13.4. The van der Waals surface area contributed by atoms with Gasteiger partial charge in [0.2, 0.25) is 0 Å². The van der Waals surface area contributed by atoms with E-state index >= 15 is 0 Å². The van der Waals surface area contributed by atoms with Crippen molar-refractivity contribution in [2.45, 2.75) is 26.9 Å². The summed E-state index contributed by atoms with van der Waals surface area (Å²) >= 11 is 6.31. The lowest BCUT2D eigenvalue weighted by Gasteiger charge is -2.14. The highest BCUT2D eigenvalue weighted by Crippen LogP contribution is 2.33. The van der Waals surface area contributed by atoms with E-state index in [1.165, 1.54) is 12.1 Å². The lowest BCUT2D eigenvalue weighted by Crippen LogP contribution is -2.13. The van der Waals surface area contributed by atoms with Crippen LogP contribution in [0.3, 0.4) is 0 Å². The van der Waals surface area contributed by atoms with Crippen molar-refractivity contribution in [1.29, 1.82) is 0 Å². The Bertz CT molecular complexity index is 632. The van der Waals surface area contributed by atoms with Crippen LogP contribution in [0.4, 0.5) is 4.39 Å². The molecule has 0 aromatic heterocycles. The van der Waals surface area contributed by atoms with E-state index in [4.69, 9.17) is 21.1 Å². The zero-order chi connectivity index (χ0) is 16.7. The molecule has 5 heteroatoms. The molecular formula is C18H21ClFNO2. The minimum Gasteiger partial charge on any atom is -0.490 e. The van der Waals surface area contributed by atoms with E-state index in [9.17, 15) is 4.39 Å². The van der Waals surface area contributed by atoms with Crippen LogP contribution in [0.2, 0.25) is 5.02 Å². The standard InChI is InChI=1S/C18H21ClFNO2/c1-3-22-17-9-14(16(19)10-18(17)23-4-2)12-21-11-13-5-7-15(20)8-6-13/h5-10,21H,3-4,11-12H2,1-2H3. The van der Waals surface area contributed by atoms with Crippen molar-refractivity contribution in [2.24, 2.45) is 0 Å². The van der Waals surface area contributed by atoms with Gasteiger partial charge in [-0.15, -0.1) is 0 Å². The van der Waals surface area contributed by atoms with Crippen molar-refractivity contribution in [1.82, 2.24) is 5.32 Å². The van der Waals surface area contributed by atoms with Gasteiger partial charge in [-0.05, 0) is 43.2 Å². The van der Waals surface area contributed by atoms with Crippen LogP contribution < -0.4 is 14.8 Å². The van der Waals surface area contributed by atoms with E-state index in [2.05, 4.69) is 5.32 Å². The van der Waals surface area contributed by atoms with Crippen LogP contribution in [0, 0.1) is 5.82 Å². The summed E-state index contributed by atoms with van der Waals surface area (Å²) in [5.74, 6) is 1.11. The molecule has 0 atom stereocenters. The van der Waals surface area contributed by atoms with Crippen molar-refractivity contribution >= 4 is 11.6 Å². The lowest BCUT2D eigenvalue weighted by molar-refractivity contribution is 0.287. The topological polar surface area (TPSA) is 30.5 Å². The number of rotatable bonds is 8. The molecule has 0 amide bonds. The Balaban J connectivity index is 2.03. The number of hydrogen-bond acceptors (Lipinski definition) is 3. The molecule has 124 valence electrons. The zero-order valence-corrected chi connectivity index (χ0v) is 14.1. The second-order valence-corrected chi connectivity index (χ2v) is 5.39. The van der Waals surface area contributed by atoms with E-state index in [1.54, 1.807) is 18.2 Å². The molecule has 0 spiro atoms. The lowest BCUT2D eigenvalue weighted by atomic mass is 10.1. The van der Waals surface area contributed by atoms with Crippen molar-refractivity contribution in [3.05, 3.63) is 58.4 Å². The van der Waals surface area contributed by atoms with Crippen LogP contribution in [0.15, 0.2) is 36.4 Å². The molecule has 0 radical (unpaired) electrons. The van der Waals surface area contributed by atoms with Gasteiger partial charge in [-0.2, -0.15) is 0 Å². The summed E-state index contributed by atoms with van der Waals surface area (Å²) in [7, 11) is 0. The van der Waals surface area contributed by atoms with E-state index in [-0.39, 0.29) is 5.82 Å². The van der Waals surface area contributed by atoms with Crippen molar-refractivity contribution in [2.75, 3.05) is 13.2 Å². The number of ether oxygens (including phenoxy) is 2. The van der Waals surface area contributed by atoms with Gasteiger partial charge in [0.05, 0.1) is 13.2 Å². The van der Waals surface area contributed by atoms with Gasteiger partial charge in [-0.3, -0.25) is 0 Å². The van der Waals surface area contributed by atoms with E-state index < -0.39 is 0 Å². The molecule has 2 rings (SSSR count). The van der Waals surface area contributed by atoms with Crippen LogP contribution in [0.1, 0.15) is 25.0 Å². The fraction of sp³-hybridized carbons (Fsp3) is 0.333. The Hall–Kier alpha value is -1.78. The first-order valence-electron chi connectivity index (χ1n) is 7.67. The third kappa shape index (κ3) is 5.12. The van der Waals surface area contributed by atoms with E-state index in [1.807, 2.05) is 19.9 Å². The largest absolute Gasteiger partial charge is 0.490 e. The molecule has 0 aliphatic rings. The second-order valence-electron chi connectivity index (χ2n) is 4.99. The summed E-state index contributed by atoms with van der Waals surface area (Å²) in [5, 5.41) is 3.92. The predicted octanol–water partition coefficient (Wildman–Crippen LogP) is 4.57. The Morgan fingerprint density at radius 3 is 2.17 bits per heavy atom. The first-order chi connectivity index (χ1) is 11.1. The molecule has 0 heterocycles. The molecule has 3 nitrogen and oxygen atoms in total. The number of benzene rings is 2. The molecule has 1 N–H and O–H groups in total. The van der Waals surface area contributed by atoms with Crippen molar-refractivity contribution < 1.29 is 13.9 Å². The van der Waals surface area contributed by atoms with E-state index in [0.29, 0.717) is 42.8 Å². The van der Waals surface area contributed by atoms with Crippen LogP contribution in [0.25, 0.3) is 0 Å². The predicted molar refractivity (Wildman–Crippen MR) is 90.7 cm³/mol. The Labute approximate surface area is 141 Å². The Morgan fingerprint density at radius 1 is 0.957 bits per heavy atom. The highest BCUT2D eigenvalue weighted by molar-refractivity contribution is 6.31. The van der Waals surface area contributed by atoms with Crippen LogP contribution in [-0.2, 0) is 13.1 Å². The molecule has 0 bridgehead atoms. The fourth-order valence-electron chi connectivity index (χ4n) is 2.19. The summed E-state index contributed by atoms with van der Waals surface area (Å²) in [5.41, 5.74) is 1.94. The highest BCUT2D eigenvalue weighted by Gasteiger charge is 2.10. The molecule has 2 aromatic carbocycles. The third-order valence-corrected chi connectivity index (χ3v) is 3.62. The maximum Gasteiger partial charge on any atom is 0.162 e. The summed E-state index contributed by atoms with van der Waals surface area (Å²) in [6.07, 6.45) is 0. The first kappa shape index (κ1) is 17.6. The minimum absolute atomic E-state index is 0.232. The molecule has 0 saturated carbocycles. The highest BCUT2D eigenvalue weighted by atomic mass is 35.5. The summed E-state index contributed by atoms with van der Waals surface area (Å²) < 4.78 is 24.0. The molecule has 0 saturated heterocycles. The fourth-order valence-corrected chi connectivity index (χ4v) is 2.41. The maximum absolute atomic E-state index is 12.9. The van der Waals surface area contributed by atoms with Crippen molar-refractivity contribution in [3.8, 4) is 11.5 Å². The molecule has 0 aliphatic heterocycles. The molecule has 0 fully saturated rings. The minimum atomic E-state index is -0.232. The van der Waals surface area contributed by atoms with E-state index in [0.717, 1.165) is 11.1 Å². The molecular weight excluding hydrogens is 317 g/mol. The van der Waals surface area contributed by atoms with Gasteiger partial charge in [0.1, 0.15) is 5.82 Å². The molecule has 0 unspecified atom stereocenters. The van der Waals surface area contributed by atoms with Gasteiger partial charge in [0, 0.05) is 24.2 Å². The average molecular weight is 338 g/mol. The first-order valence-corrected chi connectivity index (χ1v) is 8.05. The van der Waals surface area contributed by atoms with Gasteiger partial charge >= 0.3 is 0 Å². The third-order valence-electron chi connectivity index (χ3n) is 3.27. The number of halogens is 2. The van der Waals surface area contributed by atoms with Gasteiger partial charge in [0.15, 0.2) is 11.5 Å². The van der Waals surface area contributed by atoms with Gasteiger partial charge < -0.3 is 14.8 Å². The van der Waals surface area contributed by atoms with Gasteiger partial charge in [0.25, 0.3) is 0 Å². The smallest absolute Gasteiger partial charge is 0.162 e. The maximum atomic E-state index is 12.9. The summed E-state index contributed by atoms with van der Waals surface area (Å²) in [6, 6.07) is 10.1. The Kier molecular flexibility index (Phi) is 6.68. The van der Waals surface area contributed by atoms with Crippen LogP contribution >= 0.6 is 11.6 Å².